The summed E-state index contributed by atoms with van der Waals surface area (Å²) in [6.07, 6.45) is 5.81. The van der Waals surface area contributed by atoms with Gasteiger partial charge in [0.15, 0.2) is 0 Å². The van der Waals surface area contributed by atoms with Crippen LogP contribution in [0.3, 0.4) is 0 Å². The number of carbonyl (C=O) groups is 1. The number of aromatic nitrogens is 1. The summed E-state index contributed by atoms with van der Waals surface area (Å²) < 4.78 is 11.0. The molecule has 0 spiro atoms. The topological polar surface area (TPSA) is 138 Å². The molecule has 4 N–H and O–H groups in total. The molecule has 2 aliphatic heterocycles. The standard InChI is InChI=1S/C28H25N7O3/c1-2-18-16-22(35-12-14-37-15-13-35)24(31-17-18)25(29)38-28(30)34-26-27(36)32-21-11-7-6-10-20(21)23(33-26)19-8-4-3-5-9-19/h1,3-11,16-17,26,29H,12-15H2,(H2,30,34)(H,32,36)/t26-/m1/s1. The van der Waals surface area contributed by atoms with Crippen molar-refractivity contribution in [2.45, 2.75) is 6.17 Å². The average Bonchev–Trinajstić information content (AvgIpc) is 3.09. The number of amidine groups is 1. The van der Waals surface area contributed by atoms with E-state index in [1.54, 1.807) is 12.1 Å². The normalized spacial score (nSPS) is 17.4. The largest absolute Gasteiger partial charge is 0.405 e. The first kappa shape index (κ1) is 24.7. The van der Waals surface area contributed by atoms with E-state index in [4.69, 9.17) is 27.0 Å². The Morgan fingerprint density at radius 2 is 1.92 bits per heavy atom. The average molecular weight is 508 g/mol. The minimum atomic E-state index is -1.24. The molecule has 1 saturated heterocycles. The van der Waals surface area contributed by atoms with Crippen LogP contribution in [0.2, 0.25) is 0 Å². The van der Waals surface area contributed by atoms with Crippen LogP contribution in [0.25, 0.3) is 0 Å². The Bertz CT molecular complexity index is 1470. The second-order valence-electron chi connectivity index (χ2n) is 8.49. The third kappa shape index (κ3) is 5.23. The van der Waals surface area contributed by atoms with Gasteiger partial charge < -0.3 is 25.4 Å². The van der Waals surface area contributed by atoms with Gasteiger partial charge in [0, 0.05) is 36.0 Å². The first-order valence-corrected chi connectivity index (χ1v) is 12.0. The molecule has 0 bridgehead atoms. The molecule has 3 aromatic rings. The van der Waals surface area contributed by atoms with Crippen molar-refractivity contribution in [3.8, 4) is 12.3 Å². The molecule has 0 saturated carbocycles. The van der Waals surface area contributed by atoms with E-state index in [0.29, 0.717) is 49.0 Å². The minimum Gasteiger partial charge on any atom is -0.405 e. The van der Waals surface area contributed by atoms with Crippen molar-refractivity contribution >= 4 is 34.9 Å². The number of nitrogens with zero attached hydrogens (tertiary/aromatic N) is 4. The van der Waals surface area contributed by atoms with Crippen LogP contribution in [0.1, 0.15) is 22.4 Å². The lowest BCUT2D eigenvalue weighted by Crippen LogP contribution is -2.37. The summed E-state index contributed by atoms with van der Waals surface area (Å²) in [7, 11) is 0. The number of aliphatic imine (C=N–C) groups is 2. The van der Waals surface area contributed by atoms with E-state index in [-0.39, 0.29) is 11.6 Å². The van der Waals surface area contributed by atoms with Gasteiger partial charge in [-0.25, -0.2) is 9.98 Å². The van der Waals surface area contributed by atoms with Gasteiger partial charge in [-0.3, -0.25) is 10.2 Å². The van der Waals surface area contributed by atoms with Gasteiger partial charge in [-0.05, 0) is 12.1 Å². The van der Waals surface area contributed by atoms with Crippen LogP contribution < -0.4 is 16.0 Å². The number of pyridine rings is 1. The number of rotatable bonds is 4. The lowest BCUT2D eigenvalue weighted by Gasteiger charge is -2.30. The number of hydrogen-bond donors (Lipinski definition) is 3. The Balaban J connectivity index is 1.44. The Labute approximate surface area is 219 Å². The van der Waals surface area contributed by atoms with Gasteiger partial charge in [0.05, 0.1) is 30.3 Å². The van der Waals surface area contributed by atoms with Gasteiger partial charge in [0.1, 0.15) is 5.69 Å². The number of fused-ring (bicyclic) bond motifs is 1. The Morgan fingerprint density at radius 3 is 2.68 bits per heavy atom. The van der Waals surface area contributed by atoms with Gasteiger partial charge in [-0.2, -0.15) is 4.99 Å². The Hall–Kier alpha value is -5.01. The number of para-hydroxylation sites is 1. The Kier molecular flexibility index (Phi) is 7.10. The first-order chi connectivity index (χ1) is 18.5. The number of carbonyl (C=O) groups excluding carboxylic acids is 1. The number of hydrogen-bond acceptors (Lipinski definition) is 8. The van der Waals surface area contributed by atoms with E-state index in [2.05, 4.69) is 26.2 Å². The minimum absolute atomic E-state index is 0.246. The highest BCUT2D eigenvalue weighted by atomic mass is 16.5. The molecular weight excluding hydrogens is 482 g/mol. The predicted octanol–water partition coefficient (Wildman–Crippen LogP) is 2.37. The number of terminal acetylenes is 1. The van der Waals surface area contributed by atoms with Crippen LogP contribution in [0.5, 0.6) is 0 Å². The summed E-state index contributed by atoms with van der Waals surface area (Å²) in [4.78, 5) is 28.2. The number of morpholine rings is 1. The molecule has 10 nitrogen and oxygen atoms in total. The number of nitrogens with one attached hydrogen (secondary N) is 2. The van der Waals surface area contributed by atoms with Crippen LogP contribution in [0, 0.1) is 17.8 Å². The molecule has 0 unspecified atom stereocenters. The molecule has 0 aliphatic carbocycles. The van der Waals surface area contributed by atoms with Gasteiger partial charge >= 0.3 is 0 Å². The first-order valence-electron chi connectivity index (χ1n) is 12.0. The molecule has 1 fully saturated rings. The van der Waals surface area contributed by atoms with Gasteiger partial charge in [0.2, 0.25) is 12.1 Å². The lowest BCUT2D eigenvalue weighted by atomic mass is 10.0. The molecule has 5 rings (SSSR count). The fourth-order valence-electron chi connectivity index (χ4n) is 4.21. The monoisotopic (exact) mass is 507 g/mol. The van der Waals surface area contributed by atoms with Gasteiger partial charge in [-0.1, -0.05) is 54.5 Å². The number of nitrogens with two attached hydrogens (primary N) is 1. The summed E-state index contributed by atoms with van der Waals surface area (Å²) in [5.74, 6) is 1.75. The number of amides is 1. The van der Waals surface area contributed by atoms with Crippen molar-refractivity contribution in [2.75, 3.05) is 36.5 Å². The summed E-state index contributed by atoms with van der Waals surface area (Å²) in [6, 6.07) is 18.2. The fourth-order valence-corrected chi connectivity index (χ4v) is 4.21. The number of ether oxygens (including phenoxy) is 2. The second-order valence-corrected chi connectivity index (χ2v) is 8.49. The maximum absolute atomic E-state index is 13.0. The van der Waals surface area contributed by atoms with Crippen LogP contribution in [0.4, 0.5) is 11.4 Å². The smallest absolute Gasteiger partial charge is 0.291 e. The highest BCUT2D eigenvalue weighted by Crippen LogP contribution is 2.25. The van der Waals surface area contributed by atoms with Crippen molar-refractivity contribution < 1.29 is 14.3 Å². The maximum Gasteiger partial charge on any atom is 0.291 e. The van der Waals surface area contributed by atoms with Crippen LogP contribution in [0.15, 0.2) is 76.8 Å². The molecule has 1 atom stereocenters. The SMILES string of the molecule is C#Cc1cnc(C(=N)OC(N)=N[C@H]2N=C(c3ccccc3)c3ccccc3NC2=O)c(N2CCOCC2)c1. The van der Waals surface area contributed by atoms with Crippen LogP contribution >= 0.6 is 0 Å². The second kappa shape index (κ2) is 10.9. The third-order valence-corrected chi connectivity index (χ3v) is 6.03. The quantitative estimate of drug-likeness (QED) is 0.282. The number of benzodiazepines with no additional fused rings is 1. The highest BCUT2D eigenvalue weighted by Gasteiger charge is 2.27. The van der Waals surface area contributed by atoms with E-state index in [9.17, 15) is 4.79 Å². The van der Waals surface area contributed by atoms with Crippen molar-refractivity contribution in [1.82, 2.24) is 4.98 Å². The number of anilines is 2. The number of benzene rings is 2. The van der Waals surface area contributed by atoms with Crippen molar-refractivity contribution in [2.24, 2.45) is 15.7 Å². The van der Waals surface area contributed by atoms with E-state index in [1.165, 1.54) is 6.20 Å². The van der Waals surface area contributed by atoms with Crippen LogP contribution in [-0.4, -0.2) is 61.0 Å². The van der Waals surface area contributed by atoms with E-state index >= 15 is 0 Å². The molecule has 0 radical (unpaired) electrons. The third-order valence-electron chi connectivity index (χ3n) is 6.03. The molecule has 2 aliphatic rings. The molecular formula is C28H25N7O3. The maximum atomic E-state index is 13.0. The van der Waals surface area contributed by atoms with E-state index < -0.39 is 18.1 Å². The molecule has 2 aromatic carbocycles. The molecule has 190 valence electrons. The zero-order valence-corrected chi connectivity index (χ0v) is 20.4. The lowest BCUT2D eigenvalue weighted by molar-refractivity contribution is -0.117. The van der Waals surface area contributed by atoms with Crippen molar-refractivity contribution in [3.05, 3.63) is 89.2 Å². The molecule has 3 heterocycles. The van der Waals surface area contributed by atoms with Crippen molar-refractivity contribution in [1.29, 1.82) is 5.41 Å². The molecule has 10 heteroatoms. The van der Waals surface area contributed by atoms with E-state index in [1.807, 2.05) is 53.4 Å². The molecule has 1 amide bonds. The van der Waals surface area contributed by atoms with Crippen molar-refractivity contribution in [3.63, 3.8) is 0 Å². The zero-order chi connectivity index (χ0) is 26.5. The van der Waals surface area contributed by atoms with Gasteiger partial charge in [-0.15, -0.1) is 6.42 Å². The Morgan fingerprint density at radius 1 is 1.18 bits per heavy atom. The summed E-state index contributed by atoms with van der Waals surface area (Å²) in [5.41, 5.74) is 10.3. The summed E-state index contributed by atoms with van der Waals surface area (Å²) in [6.45, 7) is 2.30. The predicted molar refractivity (Wildman–Crippen MR) is 146 cm³/mol. The zero-order valence-electron chi connectivity index (χ0n) is 20.4. The van der Waals surface area contributed by atoms with Crippen LogP contribution in [-0.2, 0) is 14.3 Å². The summed E-state index contributed by atoms with van der Waals surface area (Å²) in [5, 5.41) is 11.4. The fraction of sp³-hybridized carbons (Fsp3) is 0.179. The summed E-state index contributed by atoms with van der Waals surface area (Å²) >= 11 is 0. The molecule has 38 heavy (non-hydrogen) atoms. The van der Waals surface area contributed by atoms with Gasteiger partial charge in [0.25, 0.3) is 11.9 Å². The highest BCUT2D eigenvalue weighted by molar-refractivity contribution is 6.19. The molecule has 1 aromatic heterocycles. The van der Waals surface area contributed by atoms with E-state index in [0.717, 1.165) is 11.1 Å².